The predicted octanol–water partition coefficient (Wildman–Crippen LogP) is 2.01. The Bertz CT molecular complexity index is 303. The van der Waals surface area contributed by atoms with Crippen LogP contribution in [0.25, 0.3) is 6.08 Å². The first-order valence-corrected chi connectivity index (χ1v) is 4.20. The molecule has 1 aromatic carbocycles. The number of methoxy groups -OCH3 is 1. The van der Waals surface area contributed by atoms with Crippen LogP contribution in [0.1, 0.15) is 11.1 Å². The lowest BCUT2D eigenvalue weighted by Crippen LogP contribution is -1.87. The van der Waals surface area contributed by atoms with Gasteiger partial charge in [0, 0.05) is 0 Å². The lowest BCUT2D eigenvalue weighted by Gasteiger charge is -2.04. The van der Waals surface area contributed by atoms with Crippen LogP contribution in [-0.4, -0.2) is 18.8 Å². The molecule has 0 radical (unpaired) electrons. The molecule has 70 valence electrons. The van der Waals surface area contributed by atoms with Crippen molar-refractivity contribution in [3.63, 3.8) is 0 Å². The van der Waals surface area contributed by atoms with E-state index < -0.39 is 0 Å². The van der Waals surface area contributed by atoms with E-state index in [0.717, 1.165) is 16.9 Å². The largest absolute Gasteiger partial charge is 0.496 e. The Morgan fingerprint density at radius 1 is 1.46 bits per heavy atom. The lowest BCUT2D eigenvalue weighted by molar-refractivity contribution is 0.343. The van der Waals surface area contributed by atoms with Crippen LogP contribution in [0, 0.1) is 6.92 Å². The summed E-state index contributed by atoms with van der Waals surface area (Å²) in [6.45, 7) is 2.07. The van der Waals surface area contributed by atoms with Crippen molar-refractivity contribution in [2.24, 2.45) is 0 Å². The summed E-state index contributed by atoms with van der Waals surface area (Å²) >= 11 is 0. The summed E-state index contributed by atoms with van der Waals surface area (Å²) in [5.41, 5.74) is 2.18. The summed E-state index contributed by atoms with van der Waals surface area (Å²) < 4.78 is 5.13. The molecule has 1 aromatic rings. The standard InChI is InChI=1S/C11H14O2/c1-9-8-10(4-3-7-12)5-6-11(9)13-2/h3-6,8,12H,7H2,1-2H3/b4-3+. The van der Waals surface area contributed by atoms with Crippen molar-refractivity contribution in [3.05, 3.63) is 35.4 Å². The van der Waals surface area contributed by atoms with Crippen molar-refractivity contribution in [2.75, 3.05) is 13.7 Å². The fraction of sp³-hybridized carbons (Fsp3) is 0.273. The minimum absolute atomic E-state index is 0.0745. The predicted molar refractivity (Wildman–Crippen MR) is 53.9 cm³/mol. The Labute approximate surface area is 78.5 Å². The van der Waals surface area contributed by atoms with Crippen molar-refractivity contribution in [1.82, 2.24) is 0 Å². The molecule has 0 fully saturated rings. The van der Waals surface area contributed by atoms with Crippen LogP contribution in [0.4, 0.5) is 0 Å². The van der Waals surface area contributed by atoms with Crippen molar-refractivity contribution in [3.8, 4) is 5.75 Å². The van der Waals surface area contributed by atoms with E-state index in [2.05, 4.69) is 0 Å². The Kier molecular flexibility index (Phi) is 3.53. The monoisotopic (exact) mass is 178 g/mol. The number of hydrogen-bond donors (Lipinski definition) is 1. The molecule has 0 aromatic heterocycles. The maximum Gasteiger partial charge on any atom is 0.121 e. The minimum atomic E-state index is 0.0745. The highest BCUT2D eigenvalue weighted by molar-refractivity contribution is 5.53. The highest BCUT2D eigenvalue weighted by atomic mass is 16.5. The summed E-state index contributed by atoms with van der Waals surface area (Å²) in [6.07, 6.45) is 3.59. The number of aryl methyl sites for hydroxylation is 1. The number of rotatable bonds is 3. The molecule has 0 spiro atoms. The van der Waals surface area contributed by atoms with Gasteiger partial charge in [-0.25, -0.2) is 0 Å². The van der Waals surface area contributed by atoms with E-state index in [-0.39, 0.29) is 6.61 Å². The van der Waals surface area contributed by atoms with E-state index in [1.165, 1.54) is 0 Å². The highest BCUT2D eigenvalue weighted by Gasteiger charge is 1.96. The van der Waals surface area contributed by atoms with E-state index in [1.807, 2.05) is 31.2 Å². The van der Waals surface area contributed by atoms with Gasteiger partial charge in [-0.2, -0.15) is 0 Å². The van der Waals surface area contributed by atoms with Gasteiger partial charge in [0.15, 0.2) is 0 Å². The quantitative estimate of drug-likeness (QED) is 0.767. The van der Waals surface area contributed by atoms with Gasteiger partial charge in [0.25, 0.3) is 0 Å². The summed E-state index contributed by atoms with van der Waals surface area (Å²) in [4.78, 5) is 0. The van der Waals surface area contributed by atoms with Gasteiger partial charge in [-0.05, 0) is 30.2 Å². The maximum atomic E-state index is 8.59. The molecule has 0 unspecified atom stereocenters. The number of aliphatic hydroxyl groups is 1. The van der Waals surface area contributed by atoms with Gasteiger partial charge < -0.3 is 9.84 Å². The fourth-order valence-electron chi connectivity index (χ4n) is 1.19. The maximum absolute atomic E-state index is 8.59. The smallest absolute Gasteiger partial charge is 0.121 e. The van der Waals surface area contributed by atoms with E-state index in [9.17, 15) is 0 Å². The van der Waals surface area contributed by atoms with Crippen LogP contribution >= 0.6 is 0 Å². The highest BCUT2D eigenvalue weighted by Crippen LogP contribution is 2.18. The third-order valence-corrected chi connectivity index (χ3v) is 1.83. The van der Waals surface area contributed by atoms with Crippen LogP contribution in [0.5, 0.6) is 5.75 Å². The van der Waals surface area contributed by atoms with Crippen LogP contribution in [0.15, 0.2) is 24.3 Å². The SMILES string of the molecule is COc1ccc(/C=C/CO)cc1C. The van der Waals surface area contributed by atoms with E-state index in [1.54, 1.807) is 13.2 Å². The molecule has 13 heavy (non-hydrogen) atoms. The molecular weight excluding hydrogens is 164 g/mol. The third kappa shape index (κ3) is 2.60. The van der Waals surface area contributed by atoms with Gasteiger partial charge in [0.2, 0.25) is 0 Å². The molecule has 0 saturated carbocycles. The zero-order chi connectivity index (χ0) is 9.68. The van der Waals surface area contributed by atoms with Gasteiger partial charge in [-0.15, -0.1) is 0 Å². The van der Waals surface area contributed by atoms with Crippen LogP contribution in [0.3, 0.4) is 0 Å². The van der Waals surface area contributed by atoms with Crippen molar-refractivity contribution >= 4 is 6.08 Å². The first kappa shape index (κ1) is 9.81. The molecule has 0 heterocycles. The number of ether oxygens (including phenoxy) is 1. The summed E-state index contributed by atoms with van der Waals surface area (Å²) in [5.74, 6) is 0.890. The molecule has 0 bridgehead atoms. The Balaban J connectivity index is 2.89. The zero-order valence-corrected chi connectivity index (χ0v) is 7.95. The molecule has 2 nitrogen and oxygen atoms in total. The van der Waals surface area contributed by atoms with Crippen LogP contribution < -0.4 is 4.74 Å². The topological polar surface area (TPSA) is 29.5 Å². The normalized spacial score (nSPS) is 10.7. The molecular formula is C11H14O2. The van der Waals surface area contributed by atoms with Gasteiger partial charge in [-0.1, -0.05) is 18.2 Å². The summed E-state index contributed by atoms with van der Waals surface area (Å²) in [7, 11) is 1.66. The van der Waals surface area contributed by atoms with Gasteiger partial charge in [0.05, 0.1) is 13.7 Å². The Hall–Kier alpha value is -1.28. The number of hydrogen-bond acceptors (Lipinski definition) is 2. The molecule has 0 aliphatic carbocycles. The van der Waals surface area contributed by atoms with Crippen LogP contribution in [-0.2, 0) is 0 Å². The summed E-state index contributed by atoms with van der Waals surface area (Å²) in [6, 6.07) is 5.90. The molecule has 0 atom stereocenters. The minimum Gasteiger partial charge on any atom is -0.496 e. The second kappa shape index (κ2) is 4.67. The van der Waals surface area contributed by atoms with E-state index >= 15 is 0 Å². The van der Waals surface area contributed by atoms with Gasteiger partial charge in [-0.3, -0.25) is 0 Å². The molecule has 0 saturated heterocycles. The van der Waals surface area contributed by atoms with Crippen molar-refractivity contribution in [2.45, 2.75) is 6.92 Å². The zero-order valence-electron chi connectivity index (χ0n) is 7.95. The average Bonchev–Trinajstić information content (AvgIpc) is 2.15. The van der Waals surface area contributed by atoms with Crippen molar-refractivity contribution in [1.29, 1.82) is 0 Å². The Morgan fingerprint density at radius 3 is 2.77 bits per heavy atom. The second-order valence-corrected chi connectivity index (χ2v) is 2.81. The molecule has 0 aliphatic heterocycles. The van der Waals surface area contributed by atoms with Crippen LogP contribution in [0.2, 0.25) is 0 Å². The Morgan fingerprint density at radius 2 is 2.23 bits per heavy atom. The average molecular weight is 178 g/mol. The number of benzene rings is 1. The number of aliphatic hydroxyl groups excluding tert-OH is 1. The van der Waals surface area contributed by atoms with Gasteiger partial charge >= 0.3 is 0 Å². The van der Waals surface area contributed by atoms with E-state index in [0.29, 0.717) is 0 Å². The van der Waals surface area contributed by atoms with Gasteiger partial charge in [0.1, 0.15) is 5.75 Å². The summed E-state index contributed by atoms with van der Waals surface area (Å²) in [5, 5.41) is 8.59. The third-order valence-electron chi connectivity index (χ3n) is 1.83. The fourth-order valence-corrected chi connectivity index (χ4v) is 1.19. The first-order chi connectivity index (χ1) is 6.27. The molecule has 0 aliphatic rings. The lowest BCUT2D eigenvalue weighted by atomic mass is 10.1. The molecule has 0 amide bonds. The first-order valence-electron chi connectivity index (χ1n) is 4.20. The second-order valence-electron chi connectivity index (χ2n) is 2.81. The molecule has 1 rings (SSSR count). The van der Waals surface area contributed by atoms with Crippen molar-refractivity contribution < 1.29 is 9.84 Å². The van der Waals surface area contributed by atoms with E-state index in [4.69, 9.17) is 9.84 Å². The molecule has 2 heteroatoms. The molecule has 1 N–H and O–H groups in total.